The monoisotopic (exact) mass is 400 g/mol. The first-order valence-corrected chi connectivity index (χ1v) is 11.6. The van der Waals surface area contributed by atoms with E-state index in [1.54, 1.807) is 11.8 Å². The van der Waals surface area contributed by atoms with Crippen molar-refractivity contribution in [2.75, 3.05) is 12.3 Å². The van der Waals surface area contributed by atoms with E-state index in [0.717, 1.165) is 25.8 Å². The predicted octanol–water partition coefficient (Wildman–Crippen LogP) is 4.41. The molecule has 0 spiro atoms. The van der Waals surface area contributed by atoms with Crippen LogP contribution in [-0.4, -0.2) is 51.4 Å². The van der Waals surface area contributed by atoms with Crippen LogP contribution in [0.25, 0.3) is 0 Å². The van der Waals surface area contributed by atoms with E-state index in [-0.39, 0.29) is 34.1 Å². The van der Waals surface area contributed by atoms with Crippen molar-refractivity contribution < 1.29 is 9.59 Å². The molecule has 0 aromatic heterocycles. The van der Waals surface area contributed by atoms with Crippen LogP contribution in [0, 0.1) is 10.8 Å². The molecule has 1 aromatic carbocycles. The fraction of sp³-hybridized carbons (Fsp3) is 0.652. The van der Waals surface area contributed by atoms with E-state index >= 15 is 0 Å². The number of thioether (sulfide) groups is 1. The molecule has 3 aliphatic rings. The van der Waals surface area contributed by atoms with Crippen LogP contribution in [0.4, 0.5) is 0 Å². The third-order valence-corrected chi connectivity index (χ3v) is 8.13. The van der Waals surface area contributed by atoms with Gasteiger partial charge in [0.05, 0.1) is 5.37 Å². The molecular weight excluding hydrogens is 368 g/mol. The maximum atomic E-state index is 13.7. The summed E-state index contributed by atoms with van der Waals surface area (Å²) in [6.45, 7) is 9.93. The first kappa shape index (κ1) is 19.8. The van der Waals surface area contributed by atoms with E-state index in [9.17, 15) is 9.59 Å². The van der Waals surface area contributed by atoms with Crippen LogP contribution in [0.15, 0.2) is 30.3 Å². The molecule has 2 bridgehead atoms. The molecule has 1 saturated carbocycles. The summed E-state index contributed by atoms with van der Waals surface area (Å²) in [5, 5.41) is 0.0793. The minimum absolute atomic E-state index is 0.00971. The number of likely N-dealkylation sites (tertiary alicyclic amines) is 1. The number of benzene rings is 1. The molecule has 0 radical (unpaired) electrons. The van der Waals surface area contributed by atoms with Crippen LogP contribution in [0.2, 0.25) is 0 Å². The summed E-state index contributed by atoms with van der Waals surface area (Å²) < 4.78 is 0. The van der Waals surface area contributed by atoms with Gasteiger partial charge in [-0.15, -0.1) is 11.8 Å². The van der Waals surface area contributed by atoms with E-state index in [1.165, 1.54) is 6.42 Å². The number of rotatable bonds is 3. The first-order chi connectivity index (χ1) is 13.2. The molecule has 152 valence electrons. The first-order valence-electron chi connectivity index (χ1n) is 10.5. The predicted molar refractivity (Wildman–Crippen MR) is 114 cm³/mol. The van der Waals surface area contributed by atoms with Crippen molar-refractivity contribution in [3.63, 3.8) is 0 Å². The van der Waals surface area contributed by atoms with Gasteiger partial charge in [0, 0.05) is 23.9 Å². The van der Waals surface area contributed by atoms with E-state index in [0.29, 0.717) is 17.4 Å². The average molecular weight is 401 g/mol. The van der Waals surface area contributed by atoms with Crippen molar-refractivity contribution >= 4 is 23.6 Å². The summed E-state index contributed by atoms with van der Waals surface area (Å²) in [6.07, 6.45) is 4.20. The number of hydrogen-bond acceptors (Lipinski definition) is 3. The van der Waals surface area contributed by atoms with E-state index in [2.05, 4.69) is 32.6 Å². The summed E-state index contributed by atoms with van der Waals surface area (Å²) in [6, 6.07) is 9.39. The van der Waals surface area contributed by atoms with Gasteiger partial charge in [0.1, 0.15) is 6.04 Å². The van der Waals surface area contributed by atoms with Crippen molar-refractivity contribution in [1.29, 1.82) is 0 Å². The number of carbonyl (C=O) groups excluding carboxylic acids is 2. The molecule has 0 N–H and O–H groups in total. The molecule has 5 heteroatoms. The average Bonchev–Trinajstić information content (AvgIpc) is 3.18. The van der Waals surface area contributed by atoms with Crippen LogP contribution in [0.1, 0.15) is 63.7 Å². The molecule has 28 heavy (non-hydrogen) atoms. The maximum Gasteiger partial charge on any atom is 0.255 e. The molecule has 2 saturated heterocycles. The third-order valence-electron chi connectivity index (χ3n) is 6.68. The molecule has 4 unspecified atom stereocenters. The summed E-state index contributed by atoms with van der Waals surface area (Å²) in [4.78, 5) is 31.0. The Morgan fingerprint density at radius 1 is 1.14 bits per heavy atom. The van der Waals surface area contributed by atoms with Crippen LogP contribution in [-0.2, 0) is 4.79 Å². The number of amides is 2. The van der Waals surface area contributed by atoms with Crippen LogP contribution >= 0.6 is 11.8 Å². The van der Waals surface area contributed by atoms with Crippen molar-refractivity contribution in [1.82, 2.24) is 9.80 Å². The van der Waals surface area contributed by atoms with E-state index in [1.807, 2.05) is 35.2 Å². The lowest BCUT2D eigenvalue weighted by Crippen LogP contribution is -2.52. The SMILES string of the molecule is CCC1SCC(C(=O)N2CC3(C)CC2CC(C)(C)C3)N1C(=O)c1ccccc1. The molecule has 4 nitrogen and oxygen atoms in total. The van der Waals surface area contributed by atoms with Crippen molar-refractivity contribution in [3.05, 3.63) is 35.9 Å². The van der Waals surface area contributed by atoms with Gasteiger partial charge in [0.15, 0.2) is 0 Å². The van der Waals surface area contributed by atoms with Gasteiger partial charge < -0.3 is 9.80 Å². The number of fused-ring (bicyclic) bond motifs is 2. The molecule has 1 aromatic rings. The topological polar surface area (TPSA) is 40.6 Å². The standard InChI is InChI=1S/C23H32N2O2S/c1-5-19-25(20(26)16-9-7-6-8-10-16)18(13-28-19)21(27)24-15-23(4)12-17(24)11-22(2,3)14-23/h6-10,17-19H,5,11-15H2,1-4H3. The second kappa shape index (κ2) is 7.08. The number of hydrogen-bond donors (Lipinski definition) is 0. The number of nitrogens with zero attached hydrogens (tertiary/aromatic N) is 2. The zero-order valence-electron chi connectivity index (χ0n) is 17.5. The molecule has 1 aliphatic carbocycles. The van der Waals surface area contributed by atoms with Crippen molar-refractivity contribution in [2.24, 2.45) is 10.8 Å². The van der Waals surface area contributed by atoms with E-state index < -0.39 is 0 Å². The Labute approximate surface area is 173 Å². The molecule has 2 amide bonds. The van der Waals surface area contributed by atoms with Crippen LogP contribution in [0.5, 0.6) is 0 Å². The Kier molecular flexibility index (Phi) is 5.01. The molecule has 2 heterocycles. The summed E-state index contributed by atoms with van der Waals surface area (Å²) in [7, 11) is 0. The highest BCUT2D eigenvalue weighted by atomic mass is 32.2. The molecule has 4 atom stereocenters. The fourth-order valence-electron chi connectivity index (χ4n) is 5.98. The molecule has 2 aliphatic heterocycles. The van der Waals surface area contributed by atoms with Gasteiger partial charge in [-0.3, -0.25) is 9.59 Å². The minimum atomic E-state index is -0.339. The van der Waals surface area contributed by atoms with Gasteiger partial charge in [-0.1, -0.05) is 45.9 Å². The minimum Gasteiger partial charge on any atom is -0.337 e. The number of carbonyl (C=O) groups is 2. The summed E-state index contributed by atoms with van der Waals surface area (Å²) in [5.74, 6) is 0.864. The normalized spacial score (nSPS) is 33.9. The second-order valence-electron chi connectivity index (χ2n) is 9.97. The zero-order valence-corrected chi connectivity index (χ0v) is 18.3. The van der Waals surface area contributed by atoms with Gasteiger partial charge >= 0.3 is 0 Å². The smallest absolute Gasteiger partial charge is 0.255 e. The molecular formula is C23H32N2O2S. The fourth-order valence-corrected chi connectivity index (χ4v) is 7.33. The Balaban J connectivity index is 1.59. The third kappa shape index (κ3) is 3.47. The highest BCUT2D eigenvalue weighted by molar-refractivity contribution is 8.00. The lowest BCUT2D eigenvalue weighted by atomic mass is 9.65. The van der Waals surface area contributed by atoms with Gasteiger partial charge in [0.2, 0.25) is 5.91 Å². The highest BCUT2D eigenvalue weighted by Gasteiger charge is 2.53. The van der Waals surface area contributed by atoms with Crippen LogP contribution < -0.4 is 0 Å². The van der Waals surface area contributed by atoms with Crippen molar-refractivity contribution in [3.8, 4) is 0 Å². The van der Waals surface area contributed by atoms with Gasteiger partial charge in [-0.05, 0) is 48.6 Å². The second-order valence-corrected chi connectivity index (χ2v) is 11.2. The van der Waals surface area contributed by atoms with E-state index in [4.69, 9.17) is 0 Å². The Morgan fingerprint density at radius 2 is 1.86 bits per heavy atom. The Hall–Kier alpha value is -1.49. The van der Waals surface area contributed by atoms with Gasteiger partial charge in [-0.25, -0.2) is 0 Å². The Morgan fingerprint density at radius 3 is 2.54 bits per heavy atom. The maximum absolute atomic E-state index is 13.7. The molecule has 3 fully saturated rings. The summed E-state index contributed by atoms with van der Waals surface area (Å²) >= 11 is 1.75. The van der Waals surface area contributed by atoms with Crippen LogP contribution in [0.3, 0.4) is 0 Å². The Bertz CT molecular complexity index is 765. The zero-order chi connectivity index (χ0) is 20.1. The summed E-state index contributed by atoms with van der Waals surface area (Å²) in [5.41, 5.74) is 1.17. The lowest BCUT2D eigenvalue weighted by molar-refractivity contribution is -0.136. The van der Waals surface area contributed by atoms with Gasteiger partial charge in [0.25, 0.3) is 5.91 Å². The largest absolute Gasteiger partial charge is 0.337 e. The molecule has 4 rings (SSSR count). The lowest BCUT2D eigenvalue weighted by Gasteiger charge is -2.39. The van der Waals surface area contributed by atoms with Gasteiger partial charge in [-0.2, -0.15) is 0 Å². The highest BCUT2D eigenvalue weighted by Crippen LogP contribution is 2.53. The quantitative estimate of drug-likeness (QED) is 0.755. The van der Waals surface area contributed by atoms with Crippen molar-refractivity contribution in [2.45, 2.75) is 70.8 Å².